The van der Waals surface area contributed by atoms with Gasteiger partial charge in [0.1, 0.15) is 0 Å². The Hall–Kier alpha value is -2.18. The van der Waals surface area contributed by atoms with Gasteiger partial charge in [-0.1, -0.05) is 17.7 Å². The van der Waals surface area contributed by atoms with Crippen molar-refractivity contribution in [3.63, 3.8) is 0 Å². The van der Waals surface area contributed by atoms with Crippen molar-refractivity contribution in [3.05, 3.63) is 41.2 Å². The zero-order valence-electron chi connectivity index (χ0n) is 15.5. The van der Waals surface area contributed by atoms with Crippen LogP contribution in [0.1, 0.15) is 17.0 Å². The highest BCUT2D eigenvalue weighted by molar-refractivity contribution is 5.93. The molecule has 134 valence electrons. The number of hydrogen-bond donors (Lipinski definition) is 1. The molecule has 1 N–H and O–H groups in total. The van der Waals surface area contributed by atoms with Gasteiger partial charge in [-0.3, -0.25) is 9.69 Å². The van der Waals surface area contributed by atoms with E-state index in [1.807, 2.05) is 30.7 Å². The third-order valence-electron chi connectivity index (χ3n) is 4.80. The van der Waals surface area contributed by atoms with Crippen molar-refractivity contribution in [1.29, 1.82) is 0 Å². The lowest BCUT2D eigenvalue weighted by Gasteiger charge is -2.31. The van der Waals surface area contributed by atoms with Crippen LogP contribution < -0.4 is 5.32 Å². The first-order valence-corrected chi connectivity index (χ1v) is 8.78. The molecule has 1 aromatic carbocycles. The molecule has 1 aliphatic heterocycles. The minimum Gasteiger partial charge on any atom is -0.322 e. The first kappa shape index (κ1) is 17.6. The Morgan fingerprint density at radius 2 is 1.72 bits per heavy atom. The standard InChI is InChI=1S/C19H27N5O/c1-14-5-7-17(8-6-14)24-16(3)19(15(2)21-24)20-18(25)13-23-11-9-22(4)10-12-23/h5-8H,9-13H2,1-4H3,(H,20,25). The molecular weight excluding hydrogens is 314 g/mol. The molecule has 0 radical (unpaired) electrons. The van der Waals surface area contributed by atoms with E-state index >= 15 is 0 Å². The van der Waals surface area contributed by atoms with E-state index < -0.39 is 0 Å². The van der Waals surface area contributed by atoms with E-state index in [9.17, 15) is 4.79 Å². The summed E-state index contributed by atoms with van der Waals surface area (Å²) in [6.45, 7) is 10.3. The predicted molar refractivity (Wildman–Crippen MR) is 100 cm³/mol. The third kappa shape index (κ3) is 4.08. The molecule has 1 aromatic heterocycles. The molecule has 1 fully saturated rings. The van der Waals surface area contributed by atoms with Crippen LogP contribution in [0.4, 0.5) is 5.69 Å². The van der Waals surface area contributed by atoms with Crippen LogP contribution in [0.25, 0.3) is 5.69 Å². The lowest BCUT2D eigenvalue weighted by atomic mass is 10.2. The Bertz CT molecular complexity index is 742. The second kappa shape index (κ2) is 7.37. The smallest absolute Gasteiger partial charge is 0.238 e. The van der Waals surface area contributed by atoms with Gasteiger partial charge in [-0.25, -0.2) is 4.68 Å². The molecule has 0 spiro atoms. The summed E-state index contributed by atoms with van der Waals surface area (Å²) in [6.07, 6.45) is 0. The zero-order chi connectivity index (χ0) is 18.0. The van der Waals surface area contributed by atoms with Crippen molar-refractivity contribution in [2.75, 3.05) is 45.1 Å². The van der Waals surface area contributed by atoms with Crippen LogP contribution >= 0.6 is 0 Å². The molecular formula is C19H27N5O. The number of hydrogen-bond acceptors (Lipinski definition) is 4. The maximum Gasteiger partial charge on any atom is 0.238 e. The van der Waals surface area contributed by atoms with E-state index in [0.717, 1.165) is 48.9 Å². The summed E-state index contributed by atoms with van der Waals surface area (Å²) in [5.74, 6) is 0.0270. The van der Waals surface area contributed by atoms with E-state index in [-0.39, 0.29) is 5.91 Å². The molecule has 6 heteroatoms. The van der Waals surface area contributed by atoms with Crippen LogP contribution in [0.5, 0.6) is 0 Å². The summed E-state index contributed by atoms with van der Waals surface area (Å²) < 4.78 is 1.89. The molecule has 0 bridgehead atoms. The van der Waals surface area contributed by atoms with E-state index in [0.29, 0.717) is 6.54 Å². The fourth-order valence-corrected chi connectivity index (χ4v) is 3.15. The number of aryl methyl sites for hydroxylation is 2. The Kier molecular flexibility index (Phi) is 5.20. The van der Waals surface area contributed by atoms with Crippen molar-refractivity contribution in [2.24, 2.45) is 0 Å². The zero-order valence-corrected chi connectivity index (χ0v) is 15.5. The van der Waals surface area contributed by atoms with Gasteiger partial charge in [0, 0.05) is 26.2 Å². The van der Waals surface area contributed by atoms with Gasteiger partial charge in [0.15, 0.2) is 0 Å². The minimum atomic E-state index is 0.0270. The van der Waals surface area contributed by atoms with Crippen LogP contribution in [0.2, 0.25) is 0 Å². The van der Waals surface area contributed by atoms with Gasteiger partial charge >= 0.3 is 0 Å². The highest BCUT2D eigenvalue weighted by Crippen LogP contribution is 2.23. The van der Waals surface area contributed by atoms with Gasteiger partial charge in [-0.05, 0) is 40.0 Å². The Labute approximate surface area is 149 Å². The number of benzene rings is 1. The van der Waals surface area contributed by atoms with Crippen LogP contribution in [-0.2, 0) is 4.79 Å². The second-order valence-electron chi connectivity index (χ2n) is 6.92. The van der Waals surface area contributed by atoms with E-state index in [2.05, 4.69) is 46.3 Å². The van der Waals surface area contributed by atoms with Crippen molar-refractivity contribution in [3.8, 4) is 5.69 Å². The molecule has 6 nitrogen and oxygen atoms in total. The first-order valence-electron chi connectivity index (χ1n) is 8.78. The predicted octanol–water partition coefficient (Wildman–Crippen LogP) is 1.98. The van der Waals surface area contributed by atoms with Gasteiger partial charge in [0.25, 0.3) is 0 Å². The molecule has 0 aliphatic carbocycles. The quantitative estimate of drug-likeness (QED) is 0.924. The Balaban J connectivity index is 1.70. The normalized spacial score (nSPS) is 16.2. The second-order valence-corrected chi connectivity index (χ2v) is 6.92. The average molecular weight is 341 g/mol. The number of aromatic nitrogens is 2. The van der Waals surface area contributed by atoms with Gasteiger partial charge < -0.3 is 10.2 Å². The number of nitrogens with zero attached hydrogens (tertiary/aromatic N) is 4. The molecule has 0 unspecified atom stereocenters. The lowest BCUT2D eigenvalue weighted by Crippen LogP contribution is -2.47. The molecule has 0 atom stereocenters. The number of likely N-dealkylation sites (N-methyl/N-ethyl adjacent to an activating group) is 1. The highest BCUT2D eigenvalue weighted by Gasteiger charge is 2.19. The fraction of sp³-hybridized carbons (Fsp3) is 0.474. The van der Waals surface area contributed by atoms with Crippen molar-refractivity contribution >= 4 is 11.6 Å². The summed E-state index contributed by atoms with van der Waals surface area (Å²) in [6, 6.07) is 8.23. The van der Waals surface area contributed by atoms with Gasteiger partial charge in [0.2, 0.25) is 5.91 Å². The molecule has 1 saturated heterocycles. The lowest BCUT2D eigenvalue weighted by molar-refractivity contribution is -0.117. The van der Waals surface area contributed by atoms with Crippen LogP contribution in [0.3, 0.4) is 0 Å². The van der Waals surface area contributed by atoms with E-state index in [1.54, 1.807) is 0 Å². The minimum absolute atomic E-state index is 0.0270. The van der Waals surface area contributed by atoms with Crippen LogP contribution in [0.15, 0.2) is 24.3 Å². The Morgan fingerprint density at radius 3 is 2.36 bits per heavy atom. The summed E-state index contributed by atoms with van der Waals surface area (Å²) in [4.78, 5) is 16.9. The number of amides is 1. The van der Waals surface area contributed by atoms with E-state index in [1.165, 1.54) is 5.56 Å². The van der Waals surface area contributed by atoms with Crippen molar-refractivity contribution in [2.45, 2.75) is 20.8 Å². The summed E-state index contributed by atoms with van der Waals surface area (Å²) in [5.41, 5.74) is 4.83. The SMILES string of the molecule is Cc1ccc(-n2nc(C)c(NC(=O)CN3CCN(C)CC3)c2C)cc1. The van der Waals surface area contributed by atoms with E-state index in [4.69, 9.17) is 0 Å². The third-order valence-corrected chi connectivity index (χ3v) is 4.80. The number of carbonyl (C=O) groups is 1. The van der Waals surface area contributed by atoms with Crippen LogP contribution in [-0.4, -0.2) is 65.3 Å². The van der Waals surface area contributed by atoms with Crippen LogP contribution in [0, 0.1) is 20.8 Å². The number of piperazine rings is 1. The van der Waals surface area contributed by atoms with Crippen molar-refractivity contribution in [1.82, 2.24) is 19.6 Å². The molecule has 2 aromatic rings. The largest absolute Gasteiger partial charge is 0.322 e. The molecule has 3 rings (SSSR count). The molecule has 1 aliphatic rings. The molecule has 0 saturated carbocycles. The molecule has 1 amide bonds. The number of rotatable bonds is 4. The highest BCUT2D eigenvalue weighted by atomic mass is 16.2. The van der Waals surface area contributed by atoms with Gasteiger partial charge in [0.05, 0.1) is 29.3 Å². The number of carbonyl (C=O) groups excluding carboxylic acids is 1. The summed E-state index contributed by atoms with van der Waals surface area (Å²) in [7, 11) is 2.11. The molecule has 2 heterocycles. The Morgan fingerprint density at radius 1 is 1.08 bits per heavy atom. The maximum absolute atomic E-state index is 12.5. The molecule has 25 heavy (non-hydrogen) atoms. The van der Waals surface area contributed by atoms with Crippen molar-refractivity contribution < 1.29 is 4.79 Å². The number of anilines is 1. The summed E-state index contributed by atoms with van der Waals surface area (Å²) in [5, 5.41) is 7.66. The first-order chi connectivity index (χ1) is 11.9. The topological polar surface area (TPSA) is 53.4 Å². The number of nitrogens with one attached hydrogen (secondary N) is 1. The maximum atomic E-state index is 12.5. The summed E-state index contributed by atoms with van der Waals surface area (Å²) >= 11 is 0. The fourth-order valence-electron chi connectivity index (χ4n) is 3.15. The average Bonchev–Trinajstić information content (AvgIpc) is 2.86. The van der Waals surface area contributed by atoms with Gasteiger partial charge in [-0.15, -0.1) is 0 Å². The van der Waals surface area contributed by atoms with Gasteiger partial charge in [-0.2, -0.15) is 5.10 Å². The monoisotopic (exact) mass is 341 g/mol.